The van der Waals surface area contributed by atoms with Crippen molar-refractivity contribution >= 4 is 67.0 Å². The summed E-state index contributed by atoms with van der Waals surface area (Å²) in [5, 5.41) is 148. The van der Waals surface area contributed by atoms with Gasteiger partial charge in [0.1, 0.15) is 116 Å². The first-order valence-electron chi connectivity index (χ1n) is 37.8. The second kappa shape index (κ2) is 57.5. The molecule has 4 amide bonds. The molecule has 23 N–H and O–H groups in total. The van der Waals surface area contributed by atoms with Crippen molar-refractivity contribution in [2.75, 3.05) is 46.2 Å². The van der Waals surface area contributed by atoms with Crippen molar-refractivity contribution in [1.82, 2.24) is 21.3 Å². The summed E-state index contributed by atoms with van der Waals surface area (Å²) >= 11 is 4.42. The van der Waals surface area contributed by atoms with E-state index in [1.807, 2.05) is 6.92 Å². The number of halogens is 2. The number of nitrogens with two attached hydrogens (primary N) is 3. The van der Waals surface area contributed by atoms with E-state index in [9.17, 15) is 94.3 Å². The highest BCUT2D eigenvalue weighted by Crippen LogP contribution is 2.35. The van der Waals surface area contributed by atoms with Gasteiger partial charge in [-0.15, -0.1) is 0 Å². The van der Waals surface area contributed by atoms with E-state index in [0.29, 0.717) is 6.42 Å². The maximum Gasteiger partial charge on any atom is 0.373 e. The van der Waals surface area contributed by atoms with E-state index >= 15 is 0 Å². The molecule has 9 fully saturated rings. The van der Waals surface area contributed by atoms with Gasteiger partial charge in [0.05, 0.1) is 107 Å². The zero-order valence-corrected chi connectivity index (χ0v) is 68.3. The van der Waals surface area contributed by atoms with Crippen LogP contribution in [0.2, 0.25) is 0 Å². The molecule has 38 atom stereocenters. The fourth-order valence-electron chi connectivity index (χ4n) is 13.0. The van der Waals surface area contributed by atoms with Crippen molar-refractivity contribution in [1.29, 1.82) is 0 Å². The van der Waals surface area contributed by atoms with Gasteiger partial charge in [-0.3, -0.25) is 19.2 Å². The number of rotatable bonds is 24. The zero-order chi connectivity index (χ0) is 92.9. The Morgan fingerprint density at radius 3 is 1.01 bits per heavy atom. The third-order valence-electron chi connectivity index (χ3n) is 19.6. The summed E-state index contributed by atoms with van der Waals surface area (Å²) in [5.41, 5.74) is 17.8. The van der Waals surface area contributed by atoms with Crippen molar-refractivity contribution in [2.45, 2.75) is 340 Å². The smallest absolute Gasteiger partial charge is 0.373 e. The molecule has 9 aliphatic rings. The van der Waals surface area contributed by atoms with Crippen LogP contribution in [0.1, 0.15) is 102 Å². The largest absolute Gasteiger partial charge is 0.389 e. The Morgan fingerprint density at radius 1 is 0.431 bits per heavy atom. The van der Waals surface area contributed by atoms with Crippen LogP contribution < -0.4 is 38.5 Å². The van der Waals surface area contributed by atoms with E-state index in [2.05, 4.69) is 33.9 Å². The van der Waals surface area contributed by atoms with Crippen molar-refractivity contribution < 1.29 is 218 Å². The number of carbonyl (C=O) groups is 4. The molecule has 0 aromatic rings. The molecule has 50 nitrogen and oxygen atoms in total. The van der Waals surface area contributed by atoms with Gasteiger partial charge in [0.25, 0.3) is 5.92 Å². The second-order valence-electron chi connectivity index (χ2n) is 28.6. The molecule has 8 heterocycles. The topological polar surface area (TPSA) is 776 Å². The average molecular weight is 1810 g/mol. The quantitative estimate of drug-likeness (QED) is 0.0399. The summed E-state index contributed by atoms with van der Waals surface area (Å²) in [6, 6.07) is -5.75. The van der Waals surface area contributed by atoms with Crippen LogP contribution in [0.4, 0.5) is 8.78 Å². The predicted molar refractivity (Wildman–Crippen MR) is 389 cm³/mol. The fraction of sp³-hybridized carbons (Fsp3) is 0.871. The normalized spacial score (nSPS) is 39.5. The van der Waals surface area contributed by atoms with Crippen molar-refractivity contribution in [3.05, 3.63) is 0 Å². The highest BCUT2D eigenvalue weighted by Gasteiger charge is 2.54. The van der Waals surface area contributed by atoms with Crippen LogP contribution in [0, 0.1) is 0 Å². The number of ether oxygens (including phenoxy) is 16. The Labute approximate surface area is 707 Å². The van der Waals surface area contributed by atoms with E-state index in [0.717, 1.165) is 19.3 Å². The summed E-state index contributed by atoms with van der Waals surface area (Å²) in [4.78, 5) is 127. The molecule has 1 saturated carbocycles. The Balaban J connectivity index is 0.000000855. The SMILES string of the molecule is C.CC(=O)NC1C(OC2COC(OC3CCC(S)C3)C(O)C2O)OC(C)C(N)C1O.CCC(COC1OCC(O)C(OC2OCC(OC3OC(C)C(N)C(O)C3NC(C)=O)C(O)C2O)C1O)NC(C)=O.CCC(F)(F)COC1OCC(O)C(OC2OCC(OC3OC(C)C(N)C(O)C3NC(C)=O)C(O)C2O)C1O.O=C=O.O=C=O.O=C=O.O=C=O.O=C=O. The third-order valence-corrected chi connectivity index (χ3v) is 20.1. The molecule has 9 rings (SSSR count). The average Bonchev–Trinajstić information content (AvgIpc) is 1.12. The molecule has 0 spiro atoms. The lowest BCUT2D eigenvalue weighted by atomic mass is 9.95. The zero-order valence-electron chi connectivity index (χ0n) is 67.4. The molecule has 8 aliphatic heterocycles. The number of thiol groups is 1. The van der Waals surface area contributed by atoms with E-state index in [1.165, 1.54) is 34.6 Å². The van der Waals surface area contributed by atoms with Crippen LogP contribution in [-0.2, 0) is 143 Å². The standard InChI is InChI=1S/C24H43N3O13.C22H38F2N2O12.C18H32N2O8S.5CO2.CH4/c1-5-12(26-10(3)28)6-35-23-20(34)21(13(30)7-36-23)40-24-19(33)17(31)14(8-37-24)39-22-16(27-11(4)29)18(32)15(25)9(2)38-22;1-4-22(23,24)7-35-20-17(32)18(10(28)5-33-20)38-21-16(31)14(29)11(6-34-21)37-19-13(26-9(3)27)15(30)12(25)8(2)36-19;1-7-12(19)15(23)13(20-8(2)21)17(26-7)28-11-6-25-18(16(24)14(11)22)27-9-3-4-10(29)5-9;5*2-1-3;/h9,12-24,30-34H,5-8,25H2,1-4H3,(H,26,28)(H,27,29);8,10-21,28-32H,4-7,25H2,1-3H3,(H,26,27);7,9-18,22-24,29H,3-6,19H2,1-2H3,(H,20,21);;;;;;1H4. The van der Waals surface area contributed by atoms with Gasteiger partial charge in [0.2, 0.25) is 23.6 Å². The molecule has 710 valence electrons. The predicted octanol–water partition coefficient (Wildman–Crippen LogP) is -11.3. The molecule has 0 aromatic carbocycles. The van der Waals surface area contributed by atoms with Crippen LogP contribution in [0.15, 0.2) is 0 Å². The van der Waals surface area contributed by atoms with Gasteiger partial charge in [0.15, 0.2) is 50.3 Å². The number of aliphatic hydroxyl groups is 13. The monoisotopic (exact) mass is 1810 g/mol. The molecule has 53 heteroatoms. The van der Waals surface area contributed by atoms with Gasteiger partial charge in [0, 0.05) is 39.4 Å². The van der Waals surface area contributed by atoms with Crippen molar-refractivity contribution in [3.63, 3.8) is 0 Å². The molecule has 0 aromatic heterocycles. The lowest BCUT2D eigenvalue weighted by molar-refractivity contribution is -0.350. The van der Waals surface area contributed by atoms with Crippen LogP contribution in [0.3, 0.4) is 0 Å². The number of carbonyl (C=O) groups excluding carboxylic acids is 14. The van der Waals surface area contributed by atoms with Crippen LogP contribution in [-0.4, -0.2) is 405 Å². The Bertz CT molecular complexity index is 3200. The fourth-order valence-corrected chi connectivity index (χ4v) is 13.4. The summed E-state index contributed by atoms with van der Waals surface area (Å²) in [6.07, 6.45) is -33.3. The first-order valence-corrected chi connectivity index (χ1v) is 38.3. The Morgan fingerprint density at radius 2 is 0.732 bits per heavy atom. The summed E-state index contributed by atoms with van der Waals surface area (Å²) < 4.78 is 116. The lowest BCUT2D eigenvalue weighted by Gasteiger charge is -2.46. The Hall–Kier alpha value is -6.29. The van der Waals surface area contributed by atoms with E-state index in [1.54, 1.807) is 20.8 Å². The number of hydrogen-bond donors (Lipinski definition) is 21. The Kier molecular flexibility index (Phi) is 53.6. The van der Waals surface area contributed by atoms with Crippen molar-refractivity contribution in [2.24, 2.45) is 17.2 Å². The van der Waals surface area contributed by atoms with Gasteiger partial charge >= 0.3 is 30.8 Å². The van der Waals surface area contributed by atoms with Crippen LogP contribution >= 0.6 is 12.6 Å². The molecular weight excluding hydrogens is 1700 g/mol. The van der Waals surface area contributed by atoms with Gasteiger partial charge in [-0.25, -0.2) is 8.78 Å². The van der Waals surface area contributed by atoms with Crippen LogP contribution in [0.25, 0.3) is 0 Å². The third kappa shape index (κ3) is 36.1. The molecular formula is C70H117F2N7O43S. The first kappa shape index (κ1) is 115. The minimum atomic E-state index is -3.16. The van der Waals surface area contributed by atoms with Gasteiger partial charge in [-0.1, -0.05) is 21.3 Å². The molecule has 0 bridgehead atoms. The minimum Gasteiger partial charge on any atom is -0.389 e. The first-order chi connectivity index (χ1) is 57.3. The van der Waals surface area contributed by atoms with Gasteiger partial charge in [-0.2, -0.15) is 60.6 Å². The van der Waals surface area contributed by atoms with Crippen molar-refractivity contribution in [3.8, 4) is 0 Å². The van der Waals surface area contributed by atoms with E-state index < -0.39 is 252 Å². The highest BCUT2D eigenvalue weighted by atomic mass is 32.1. The highest BCUT2D eigenvalue weighted by molar-refractivity contribution is 7.81. The number of alkyl halides is 2. The maximum atomic E-state index is 13.5. The minimum absolute atomic E-state index is 0. The molecule has 8 saturated heterocycles. The summed E-state index contributed by atoms with van der Waals surface area (Å²) in [5.74, 6) is -4.74. The van der Waals surface area contributed by atoms with E-state index in [4.69, 9.17) is 141 Å². The number of aliphatic hydroxyl groups excluding tert-OH is 13. The summed E-state index contributed by atoms with van der Waals surface area (Å²) in [7, 11) is 0. The number of hydrogen-bond acceptors (Lipinski definition) is 47. The van der Waals surface area contributed by atoms with E-state index in [-0.39, 0.29) is 100 Å². The lowest BCUT2D eigenvalue weighted by Crippen LogP contribution is -2.67. The molecule has 0 radical (unpaired) electrons. The van der Waals surface area contributed by atoms with Crippen LogP contribution in [0.5, 0.6) is 0 Å². The molecule has 123 heavy (non-hydrogen) atoms. The molecule has 1 aliphatic carbocycles. The van der Waals surface area contributed by atoms with Gasteiger partial charge < -0.3 is 181 Å². The summed E-state index contributed by atoms with van der Waals surface area (Å²) in [6.45, 7) is 10.7. The molecule has 38 unspecified atom stereocenters. The number of amides is 4. The maximum absolute atomic E-state index is 13.5. The second-order valence-corrected chi connectivity index (χ2v) is 29.3. The number of nitrogens with one attached hydrogen (secondary N) is 4. The van der Waals surface area contributed by atoms with Gasteiger partial charge in [-0.05, 0) is 46.5 Å².